The van der Waals surface area contributed by atoms with Gasteiger partial charge in [-0.05, 0) is 19.1 Å². The molecule has 0 aliphatic carbocycles. The molecule has 118 valence electrons. The second-order valence-corrected chi connectivity index (χ2v) is 8.73. The number of nitrogens with zero attached hydrogens (tertiary/aromatic N) is 1. The van der Waals surface area contributed by atoms with Crippen LogP contribution in [0.3, 0.4) is 0 Å². The van der Waals surface area contributed by atoms with Crippen molar-refractivity contribution < 1.29 is 13.2 Å². The van der Waals surface area contributed by atoms with Crippen LogP contribution in [0.25, 0.3) is 0 Å². The number of hydrogen-bond acceptors (Lipinski definition) is 5. The number of hydrogen-bond donors (Lipinski definition) is 0. The van der Waals surface area contributed by atoms with Crippen LogP contribution in [-0.4, -0.2) is 44.7 Å². The molecule has 0 unspecified atom stereocenters. The first-order chi connectivity index (χ1) is 10.3. The first-order valence-electron chi connectivity index (χ1n) is 6.83. The number of carbonyl (C=O) groups excluding carboxylic acids is 1. The smallest absolute Gasteiger partial charge is 0.185 e. The predicted octanol–water partition coefficient (Wildman–Crippen LogP) is 2.41. The van der Waals surface area contributed by atoms with E-state index in [-0.39, 0.29) is 17.3 Å². The highest BCUT2D eigenvalue weighted by molar-refractivity contribution is 8.05. The summed E-state index contributed by atoms with van der Waals surface area (Å²) in [5.41, 5.74) is 1.53. The number of sulfone groups is 1. The zero-order valence-electron chi connectivity index (χ0n) is 12.9. The molecule has 6 heteroatoms. The van der Waals surface area contributed by atoms with Crippen LogP contribution in [0, 0.1) is 6.92 Å². The van der Waals surface area contributed by atoms with Crippen molar-refractivity contribution in [3.8, 4) is 0 Å². The van der Waals surface area contributed by atoms with E-state index in [0.29, 0.717) is 10.5 Å². The van der Waals surface area contributed by atoms with Crippen LogP contribution in [-0.2, 0) is 14.6 Å². The highest BCUT2D eigenvalue weighted by Crippen LogP contribution is 2.35. The van der Waals surface area contributed by atoms with Gasteiger partial charge in [-0.3, -0.25) is 4.79 Å². The summed E-state index contributed by atoms with van der Waals surface area (Å²) in [6, 6.07) is 7.82. The van der Waals surface area contributed by atoms with E-state index < -0.39 is 9.84 Å². The average molecular weight is 337 g/mol. The van der Waals surface area contributed by atoms with E-state index in [1.54, 1.807) is 11.1 Å². The Morgan fingerprint density at radius 3 is 2.41 bits per heavy atom. The summed E-state index contributed by atoms with van der Waals surface area (Å²) in [6.07, 6.45) is 3.06. The monoisotopic (exact) mass is 337 g/mol. The third-order valence-electron chi connectivity index (χ3n) is 3.14. The molecule has 0 atom stereocenters. The van der Waals surface area contributed by atoms with Gasteiger partial charge in [-0.15, -0.1) is 0 Å². The van der Waals surface area contributed by atoms with Crippen LogP contribution in [0.4, 0.5) is 0 Å². The molecule has 0 amide bonds. The van der Waals surface area contributed by atoms with Crippen molar-refractivity contribution in [3.05, 3.63) is 52.6 Å². The molecule has 1 aromatic carbocycles. The van der Waals surface area contributed by atoms with Gasteiger partial charge in [-0.25, -0.2) is 8.42 Å². The Balaban J connectivity index is 2.28. The van der Waals surface area contributed by atoms with E-state index in [1.165, 1.54) is 17.8 Å². The Morgan fingerprint density at radius 1 is 1.18 bits per heavy atom. The van der Waals surface area contributed by atoms with Crippen molar-refractivity contribution in [1.29, 1.82) is 0 Å². The first kappa shape index (κ1) is 16.8. The zero-order chi connectivity index (χ0) is 16.3. The Labute approximate surface area is 135 Å². The van der Waals surface area contributed by atoms with Crippen LogP contribution in [0.2, 0.25) is 0 Å². The summed E-state index contributed by atoms with van der Waals surface area (Å²) < 4.78 is 23.8. The summed E-state index contributed by atoms with van der Waals surface area (Å²) in [4.78, 5) is 15.6. The van der Waals surface area contributed by atoms with Crippen molar-refractivity contribution in [2.24, 2.45) is 0 Å². The average Bonchev–Trinajstić information content (AvgIpc) is 2.73. The van der Waals surface area contributed by atoms with Crippen molar-refractivity contribution in [3.63, 3.8) is 0 Å². The van der Waals surface area contributed by atoms with Gasteiger partial charge in [0.2, 0.25) is 0 Å². The summed E-state index contributed by atoms with van der Waals surface area (Å²) in [5.74, 6) is -0.454. The molecule has 1 aliphatic rings. The van der Waals surface area contributed by atoms with Crippen molar-refractivity contribution in [1.82, 2.24) is 4.90 Å². The van der Waals surface area contributed by atoms with Crippen LogP contribution < -0.4 is 0 Å². The molecule has 0 spiro atoms. The lowest BCUT2D eigenvalue weighted by Gasteiger charge is -2.05. The highest BCUT2D eigenvalue weighted by Gasteiger charge is 2.31. The normalized spacial score (nSPS) is 17.2. The fourth-order valence-corrected chi connectivity index (χ4v) is 5.15. The highest BCUT2D eigenvalue weighted by atomic mass is 32.2. The third kappa shape index (κ3) is 4.48. The number of aryl methyl sites for hydroxylation is 1. The number of ketones is 1. The van der Waals surface area contributed by atoms with Crippen LogP contribution in [0.15, 0.2) is 51.9 Å². The summed E-state index contributed by atoms with van der Waals surface area (Å²) >= 11 is 1.37. The molecular formula is C16H19NO3S2. The third-order valence-corrected chi connectivity index (χ3v) is 5.92. The van der Waals surface area contributed by atoms with E-state index in [1.807, 2.05) is 45.3 Å². The van der Waals surface area contributed by atoms with Gasteiger partial charge in [0.1, 0.15) is 0 Å². The summed E-state index contributed by atoms with van der Waals surface area (Å²) in [7, 11) is 0.402. The molecule has 1 aliphatic heterocycles. The van der Waals surface area contributed by atoms with E-state index in [4.69, 9.17) is 0 Å². The van der Waals surface area contributed by atoms with Gasteiger partial charge in [0.25, 0.3) is 0 Å². The van der Waals surface area contributed by atoms with Crippen molar-refractivity contribution in [2.75, 3.05) is 25.6 Å². The second-order valence-electron chi connectivity index (χ2n) is 5.49. The topological polar surface area (TPSA) is 54.5 Å². The Hall–Kier alpha value is -1.53. The Bertz CT molecular complexity index is 729. The first-order valence-corrected chi connectivity index (χ1v) is 9.46. The lowest BCUT2D eigenvalue weighted by atomic mass is 10.2. The van der Waals surface area contributed by atoms with Gasteiger partial charge in [0, 0.05) is 41.7 Å². The maximum absolute atomic E-state index is 12.2. The maximum Gasteiger partial charge on any atom is 0.185 e. The molecule has 1 heterocycles. The Kier molecular flexibility index (Phi) is 5.13. The van der Waals surface area contributed by atoms with Gasteiger partial charge >= 0.3 is 0 Å². The molecule has 0 radical (unpaired) electrons. The van der Waals surface area contributed by atoms with Gasteiger partial charge in [-0.2, -0.15) is 0 Å². The lowest BCUT2D eigenvalue weighted by molar-refractivity contribution is -0.111. The minimum Gasteiger partial charge on any atom is -0.383 e. The van der Waals surface area contributed by atoms with E-state index in [9.17, 15) is 13.2 Å². The van der Waals surface area contributed by atoms with Gasteiger partial charge in [-0.1, -0.05) is 29.5 Å². The van der Waals surface area contributed by atoms with E-state index in [2.05, 4.69) is 0 Å². The van der Waals surface area contributed by atoms with Crippen LogP contribution in [0.5, 0.6) is 0 Å². The van der Waals surface area contributed by atoms with E-state index in [0.717, 1.165) is 10.5 Å². The minimum atomic E-state index is -3.22. The molecule has 1 aromatic rings. The minimum absolute atomic E-state index is 0.0532. The molecular weight excluding hydrogens is 318 g/mol. The quantitative estimate of drug-likeness (QED) is 0.772. The maximum atomic E-state index is 12.2. The molecule has 2 rings (SSSR count). The molecule has 0 saturated heterocycles. The number of allylic oxidation sites excluding steroid dienone is 1. The molecule has 0 fully saturated rings. The van der Waals surface area contributed by atoms with Crippen molar-refractivity contribution >= 4 is 27.4 Å². The SMILES string of the molecule is Cc1ccc(SC2=C(C(=O)/C=C/N(C)C)CS(=O)(=O)C2)cc1. The number of benzene rings is 1. The van der Waals surface area contributed by atoms with Gasteiger partial charge in [0.05, 0.1) is 11.5 Å². The van der Waals surface area contributed by atoms with E-state index >= 15 is 0 Å². The fourth-order valence-electron chi connectivity index (χ4n) is 2.00. The number of rotatable bonds is 5. The van der Waals surface area contributed by atoms with Gasteiger partial charge in [0.15, 0.2) is 15.6 Å². The Morgan fingerprint density at radius 2 is 1.82 bits per heavy atom. The van der Waals surface area contributed by atoms with Crippen LogP contribution >= 0.6 is 11.8 Å². The lowest BCUT2D eigenvalue weighted by Crippen LogP contribution is -2.08. The molecule has 0 N–H and O–H groups in total. The predicted molar refractivity (Wildman–Crippen MR) is 90.5 cm³/mol. The molecule has 0 saturated carbocycles. The van der Waals surface area contributed by atoms with Crippen LogP contribution in [0.1, 0.15) is 5.56 Å². The summed E-state index contributed by atoms with van der Waals surface area (Å²) in [6.45, 7) is 1.99. The molecule has 0 aromatic heterocycles. The fraction of sp³-hybridized carbons (Fsp3) is 0.312. The summed E-state index contributed by atoms with van der Waals surface area (Å²) in [5, 5.41) is 0. The van der Waals surface area contributed by atoms with Gasteiger partial charge < -0.3 is 4.90 Å². The number of carbonyl (C=O) groups is 1. The molecule has 0 bridgehead atoms. The zero-order valence-corrected chi connectivity index (χ0v) is 14.5. The number of thioether (sulfide) groups is 1. The second kappa shape index (κ2) is 6.71. The van der Waals surface area contributed by atoms with Crippen molar-refractivity contribution in [2.45, 2.75) is 11.8 Å². The largest absolute Gasteiger partial charge is 0.383 e. The molecule has 4 nitrogen and oxygen atoms in total. The molecule has 22 heavy (non-hydrogen) atoms. The standard InChI is InChI=1S/C16H19NO3S2/c1-12-4-6-13(7-5-12)21-16-11-22(19,20)10-14(16)15(18)8-9-17(2)3/h4-9H,10-11H2,1-3H3/b9-8+.